The van der Waals surface area contributed by atoms with Gasteiger partial charge in [-0.05, 0) is 33.2 Å². The molecule has 13 heavy (non-hydrogen) atoms. The first-order chi connectivity index (χ1) is 6.29. The molecule has 78 valence electrons. The van der Waals surface area contributed by atoms with Gasteiger partial charge in [-0.3, -0.25) is 0 Å². The van der Waals surface area contributed by atoms with E-state index in [4.69, 9.17) is 4.74 Å². The summed E-state index contributed by atoms with van der Waals surface area (Å²) in [6.07, 6.45) is 5.53. The van der Waals surface area contributed by atoms with E-state index < -0.39 is 0 Å². The second kappa shape index (κ2) is 8.27. The molecule has 0 heterocycles. The minimum atomic E-state index is 0.343. The van der Waals surface area contributed by atoms with E-state index in [0.717, 1.165) is 25.9 Å². The predicted molar refractivity (Wildman–Crippen MR) is 58.0 cm³/mol. The number of allylic oxidation sites excluding steroid dienone is 1. The Kier molecular flexibility index (Phi) is 8.05. The molecule has 0 radical (unpaired) electrons. The van der Waals surface area contributed by atoms with Crippen molar-refractivity contribution < 1.29 is 4.74 Å². The number of hydrogen-bond acceptors (Lipinski definition) is 2. The summed E-state index contributed by atoms with van der Waals surface area (Å²) in [7, 11) is 2.00. The molecule has 2 nitrogen and oxygen atoms in total. The Morgan fingerprint density at radius 1 is 1.46 bits per heavy atom. The van der Waals surface area contributed by atoms with Crippen molar-refractivity contribution in [3.8, 4) is 0 Å². The molecule has 0 aliphatic heterocycles. The summed E-state index contributed by atoms with van der Waals surface area (Å²) >= 11 is 0. The number of likely N-dealkylation sites (N-methyl/N-ethyl adjacent to an activating group) is 1. The molecule has 0 bridgehead atoms. The van der Waals surface area contributed by atoms with Gasteiger partial charge in [0, 0.05) is 12.6 Å². The fraction of sp³-hybridized carbons (Fsp3) is 0.818. The average molecular weight is 185 g/mol. The van der Waals surface area contributed by atoms with Crippen molar-refractivity contribution >= 4 is 0 Å². The monoisotopic (exact) mass is 185 g/mol. The SMILES string of the molecule is C=CCCC(NC)C(CC)OCC. The smallest absolute Gasteiger partial charge is 0.0725 e. The highest BCUT2D eigenvalue weighted by Crippen LogP contribution is 2.09. The summed E-state index contributed by atoms with van der Waals surface area (Å²) < 4.78 is 5.64. The lowest BCUT2D eigenvalue weighted by atomic mass is 10.0. The van der Waals surface area contributed by atoms with Crippen molar-refractivity contribution in [1.29, 1.82) is 0 Å². The average Bonchev–Trinajstić information content (AvgIpc) is 2.17. The largest absolute Gasteiger partial charge is 0.377 e. The molecular weight excluding hydrogens is 162 g/mol. The zero-order chi connectivity index (χ0) is 10.1. The van der Waals surface area contributed by atoms with Crippen molar-refractivity contribution in [3.05, 3.63) is 12.7 Å². The maximum atomic E-state index is 5.64. The van der Waals surface area contributed by atoms with Gasteiger partial charge in [-0.15, -0.1) is 6.58 Å². The summed E-state index contributed by atoms with van der Waals surface area (Å²) in [5.74, 6) is 0. The maximum Gasteiger partial charge on any atom is 0.0725 e. The molecule has 0 aromatic rings. The molecule has 0 rings (SSSR count). The van der Waals surface area contributed by atoms with Crippen molar-refractivity contribution in [2.45, 2.75) is 45.3 Å². The lowest BCUT2D eigenvalue weighted by Crippen LogP contribution is -2.39. The molecule has 0 aliphatic rings. The molecule has 0 aliphatic carbocycles. The zero-order valence-corrected chi connectivity index (χ0v) is 9.18. The molecule has 2 unspecified atom stereocenters. The van der Waals surface area contributed by atoms with Gasteiger partial charge in [0.2, 0.25) is 0 Å². The Hall–Kier alpha value is -0.340. The van der Waals surface area contributed by atoms with E-state index in [-0.39, 0.29) is 0 Å². The number of ether oxygens (including phenoxy) is 1. The topological polar surface area (TPSA) is 21.3 Å². The van der Waals surface area contributed by atoms with Crippen LogP contribution in [-0.2, 0) is 4.74 Å². The number of nitrogens with one attached hydrogen (secondary N) is 1. The highest BCUT2D eigenvalue weighted by Gasteiger charge is 2.17. The van der Waals surface area contributed by atoms with Gasteiger partial charge in [-0.25, -0.2) is 0 Å². The predicted octanol–water partition coefficient (Wildman–Crippen LogP) is 2.36. The summed E-state index contributed by atoms with van der Waals surface area (Å²) in [4.78, 5) is 0. The Bertz CT molecular complexity index is 125. The van der Waals surface area contributed by atoms with Gasteiger partial charge in [0.15, 0.2) is 0 Å². The highest BCUT2D eigenvalue weighted by molar-refractivity contribution is 4.78. The quantitative estimate of drug-likeness (QED) is 0.586. The number of rotatable bonds is 8. The van der Waals surface area contributed by atoms with Crippen molar-refractivity contribution in [1.82, 2.24) is 5.32 Å². The van der Waals surface area contributed by atoms with Crippen LogP contribution in [0.3, 0.4) is 0 Å². The zero-order valence-electron chi connectivity index (χ0n) is 9.18. The van der Waals surface area contributed by atoms with Crippen LogP contribution in [-0.4, -0.2) is 25.8 Å². The number of hydrogen-bond donors (Lipinski definition) is 1. The third-order valence-corrected chi connectivity index (χ3v) is 2.28. The molecule has 0 aromatic carbocycles. The van der Waals surface area contributed by atoms with Crippen LogP contribution in [0, 0.1) is 0 Å². The van der Waals surface area contributed by atoms with Gasteiger partial charge in [-0.2, -0.15) is 0 Å². The van der Waals surface area contributed by atoms with Crippen LogP contribution in [0.15, 0.2) is 12.7 Å². The van der Waals surface area contributed by atoms with Crippen LogP contribution in [0.2, 0.25) is 0 Å². The van der Waals surface area contributed by atoms with E-state index >= 15 is 0 Å². The second-order valence-electron chi connectivity index (χ2n) is 3.16. The first-order valence-corrected chi connectivity index (χ1v) is 5.19. The molecule has 2 heteroatoms. The first-order valence-electron chi connectivity index (χ1n) is 5.19. The Morgan fingerprint density at radius 2 is 2.15 bits per heavy atom. The van der Waals surface area contributed by atoms with E-state index in [1.54, 1.807) is 0 Å². The molecule has 0 saturated carbocycles. The van der Waals surface area contributed by atoms with Gasteiger partial charge in [0.05, 0.1) is 6.10 Å². The Labute approximate surface area is 82.4 Å². The van der Waals surface area contributed by atoms with E-state index in [2.05, 4.69) is 18.8 Å². The van der Waals surface area contributed by atoms with Gasteiger partial charge in [0.1, 0.15) is 0 Å². The minimum Gasteiger partial charge on any atom is -0.377 e. The molecule has 1 N–H and O–H groups in total. The molecule has 0 aromatic heterocycles. The van der Waals surface area contributed by atoms with Gasteiger partial charge in [0.25, 0.3) is 0 Å². The van der Waals surface area contributed by atoms with Crippen LogP contribution in [0.25, 0.3) is 0 Å². The summed E-state index contributed by atoms with van der Waals surface area (Å²) in [6, 6.07) is 0.461. The Morgan fingerprint density at radius 3 is 2.54 bits per heavy atom. The molecule has 0 amide bonds. The van der Waals surface area contributed by atoms with E-state index in [0.29, 0.717) is 12.1 Å². The van der Waals surface area contributed by atoms with Crippen LogP contribution < -0.4 is 5.32 Å². The van der Waals surface area contributed by atoms with Gasteiger partial charge >= 0.3 is 0 Å². The van der Waals surface area contributed by atoms with Crippen molar-refractivity contribution in [2.24, 2.45) is 0 Å². The normalized spacial score (nSPS) is 15.3. The molecule has 2 atom stereocenters. The van der Waals surface area contributed by atoms with Crippen LogP contribution >= 0.6 is 0 Å². The lowest BCUT2D eigenvalue weighted by molar-refractivity contribution is 0.0319. The molecule has 0 spiro atoms. The fourth-order valence-electron chi connectivity index (χ4n) is 1.55. The van der Waals surface area contributed by atoms with Crippen LogP contribution in [0.5, 0.6) is 0 Å². The fourth-order valence-corrected chi connectivity index (χ4v) is 1.55. The third kappa shape index (κ3) is 5.06. The third-order valence-electron chi connectivity index (χ3n) is 2.28. The lowest BCUT2D eigenvalue weighted by Gasteiger charge is -2.25. The Balaban J connectivity index is 3.91. The summed E-state index contributed by atoms with van der Waals surface area (Å²) in [5, 5.41) is 3.30. The molecule has 0 fully saturated rings. The minimum absolute atomic E-state index is 0.343. The van der Waals surface area contributed by atoms with Gasteiger partial charge in [-0.1, -0.05) is 13.0 Å². The summed E-state index contributed by atoms with van der Waals surface area (Å²) in [6.45, 7) is 8.74. The second-order valence-corrected chi connectivity index (χ2v) is 3.16. The van der Waals surface area contributed by atoms with Crippen LogP contribution in [0.4, 0.5) is 0 Å². The highest BCUT2D eigenvalue weighted by atomic mass is 16.5. The van der Waals surface area contributed by atoms with Crippen molar-refractivity contribution in [2.75, 3.05) is 13.7 Å². The van der Waals surface area contributed by atoms with Gasteiger partial charge < -0.3 is 10.1 Å². The summed E-state index contributed by atoms with van der Waals surface area (Å²) in [5.41, 5.74) is 0. The molecule has 0 saturated heterocycles. The standard InChI is InChI=1S/C11H23NO/c1-5-8-9-10(12-4)11(6-2)13-7-3/h5,10-12H,1,6-9H2,2-4H3. The molecular formula is C11H23NO. The maximum absolute atomic E-state index is 5.64. The van der Waals surface area contributed by atoms with Crippen molar-refractivity contribution in [3.63, 3.8) is 0 Å². The van der Waals surface area contributed by atoms with E-state index in [9.17, 15) is 0 Å². The van der Waals surface area contributed by atoms with Crippen LogP contribution in [0.1, 0.15) is 33.1 Å². The van der Waals surface area contributed by atoms with E-state index in [1.807, 2.05) is 20.0 Å². The first kappa shape index (κ1) is 12.7. The van der Waals surface area contributed by atoms with E-state index in [1.165, 1.54) is 0 Å².